The Morgan fingerprint density at radius 1 is 1.07 bits per heavy atom. The van der Waals surface area contributed by atoms with E-state index in [1.807, 2.05) is 19.9 Å². The van der Waals surface area contributed by atoms with Crippen LogP contribution in [-0.4, -0.2) is 29.8 Å². The highest BCUT2D eigenvalue weighted by molar-refractivity contribution is 5.84. The molecule has 1 aliphatic heterocycles. The first-order chi connectivity index (χ1) is 14.5. The SMILES string of the molecule is CCOc1cc2c(cc1OCC)CN(Cc1cc(=O)oc3c(C)c(O)ccc13)CC2. The molecule has 0 saturated heterocycles. The van der Waals surface area contributed by atoms with E-state index in [1.54, 1.807) is 19.1 Å². The van der Waals surface area contributed by atoms with Crippen LogP contribution in [0.4, 0.5) is 0 Å². The number of hydrogen-bond acceptors (Lipinski definition) is 6. The third-order valence-corrected chi connectivity index (χ3v) is 5.57. The van der Waals surface area contributed by atoms with Crippen LogP contribution < -0.4 is 15.1 Å². The molecule has 3 aromatic rings. The molecule has 1 N–H and O–H groups in total. The van der Waals surface area contributed by atoms with Crippen molar-refractivity contribution in [3.8, 4) is 17.2 Å². The fourth-order valence-corrected chi connectivity index (χ4v) is 4.08. The van der Waals surface area contributed by atoms with Crippen LogP contribution in [0.5, 0.6) is 17.2 Å². The number of fused-ring (bicyclic) bond motifs is 2. The zero-order valence-electron chi connectivity index (χ0n) is 17.7. The molecule has 2 heterocycles. The van der Waals surface area contributed by atoms with Crippen LogP contribution in [0.2, 0.25) is 0 Å². The van der Waals surface area contributed by atoms with E-state index < -0.39 is 5.63 Å². The van der Waals surface area contributed by atoms with Crippen molar-refractivity contribution in [2.45, 2.75) is 40.3 Å². The summed E-state index contributed by atoms with van der Waals surface area (Å²) < 4.78 is 16.9. The van der Waals surface area contributed by atoms with E-state index >= 15 is 0 Å². The van der Waals surface area contributed by atoms with Gasteiger partial charge in [-0.05, 0) is 68.1 Å². The Kier molecular flexibility index (Phi) is 5.68. The number of aromatic hydroxyl groups is 1. The average molecular weight is 409 g/mol. The van der Waals surface area contributed by atoms with E-state index in [4.69, 9.17) is 13.9 Å². The van der Waals surface area contributed by atoms with Gasteiger partial charge in [0.05, 0.1) is 13.2 Å². The molecule has 1 aromatic heterocycles. The second-order valence-electron chi connectivity index (χ2n) is 7.57. The number of benzene rings is 2. The summed E-state index contributed by atoms with van der Waals surface area (Å²) in [6, 6.07) is 9.19. The zero-order valence-corrected chi connectivity index (χ0v) is 17.7. The number of aryl methyl sites for hydroxylation is 1. The van der Waals surface area contributed by atoms with E-state index in [2.05, 4.69) is 17.0 Å². The van der Waals surface area contributed by atoms with E-state index in [0.29, 0.717) is 30.9 Å². The maximum Gasteiger partial charge on any atom is 0.336 e. The predicted molar refractivity (Wildman–Crippen MR) is 115 cm³/mol. The van der Waals surface area contributed by atoms with Crippen molar-refractivity contribution in [3.05, 3.63) is 63.0 Å². The lowest BCUT2D eigenvalue weighted by atomic mass is 9.98. The van der Waals surface area contributed by atoms with Crippen LogP contribution >= 0.6 is 0 Å². The summed E-state index contributed by atoms with van der Waals surface area (Å²) in [4.78, 5) is 14.4. The molecule has 0 unspecified atom stereocenters. The number of rotatable bonds is 6. The van der Waals surface area contributed by atoms with Crippen LogP contribution in [0.25, 0.3) is 11.0 Å². The van der Waals surface area contributed by atoms with Crippen LogP contribution in [0.1, 0.15) is 36.1 Å². The Bertz CT molecular complexity index is 1130. The lowest BCUT2D eigenvalue weighted by Crippen LogP contribution is -2.30. The molecule has 0 bridgehead atoms. The minimum absolute atomic E-state index is 0.128. The molecule has 6 nitrogen and oxygen atoms in total. The molecular weight excluding hydrogens is 382 g/mol. The molecule has 2 aromatic carbocycles. The normalized spacial score (nSPS) is 14.0. The van der Waals surface area contributed by atoms with Crippen molar-refractivity contribution >= 4 is 11.0 Å². The summed E-state index contributed by atoms with van der Waals surface area (Å²) in [5.41, 5.74) is 4.04. The summed E-state index contributed by atoms with van der Waals surface area (Å²) in [5, 5.41) is 10.8. The quantitative estimate of drug-likeness (QED) is 0.617. The highest BCUT2D eigenvalue weighted by Crippen LogP contribution is 2.35. The van der Waals surface area contributed by atoms with Crippen molar-refractivity contribution < 1.29 is 19.0 Å². The van der Waals surface area contributed by atoms with Crippen LogP contribution in [0.15, 0.2) is 39.5 Å². The maximum absolute atomic E-state index is 12.1. The highest BCUT2D eigenvalue weighted by Gasteiger charge is 2.21. The summed E-state index contributed by atoms with van der Waals surface area (Å²) >= 11 is 0. The maximum atomic E-state index is 12.1. The molecule has 0 fully saturated rings. The van der Waals surface area contributed by atoms with Crippen LogP contribution in [0.3, 0.4) is 0 Å². The van der Waals surface area contributed by atoms with Gasteiger partial charge in [-0.25, -0.2) is 4.79 Å². The van der Waals surface area contributed by atoms with Gasteiger partial charge in [0.2, 0.25) is 0 Å². The summed E-state index contributed by atoms with van der Waals surface area (Å²) in [7, 11) is 0. The number of phenols is 1. The van der Waals surface area contributed by atoms with Gasteiger partial charge >= 0.3 is 5.63 Å². The van der Waals surface area contributed by atoms with E-state index in [1.165, 1.54) is 11.1 Å². The monoisotopic (exact) mass is 409 g/mol. The van der Waals surface area contributed by atoms with Crippen molar-refractivity contribution in [2.24, 2.45) is 0 Å². The Balaban J connectivity index is 1.64. The molecule has 4 rings (SSSR count). The first-order valence-corrected chi connectivity index (χ1v) is 10.4. The van der Waals surface area contributed by atoms with Gasteiger partial charge < -0.3 is 19.0 Å². The van der Waals surface area contributed by atoms with Gasteiger partial charge in [0.15, 0.2) is 11.5 Å². The molecule has 0 saturated carbocycles. The molecule has 0 aliphatic carbocycles. The van der Waals surface area contributed by atoms with Crippen molar-refractivity contribution in [3.63, 3.8) is 0 Å². The zero-order chi connectivity index (χ0) is 21.3. The molecule has 0 atom stereocenters. The largest absolute Gasteiger partial charge is 0.508 e. The fourth-order valence-electron chi connectivity index (χ4n) is 4.08. The third-order valence-electron chi connectivity index (χ3n) is 5.57. The summed E-state index contributed by atoms with van der Waals surface area (Å²) in [6.45, 7) is 9.15. The second kappa shape index (κ2) is 8.40. The molecule has 0 radical (unpaired) electrons. The molecular formula is C24H27NO5. The first-order valence-electron chi connectivity index (χ1n) is 10.4. The van der Waals surface area contributed by atoms with Gasteiger partial charge in [-0.3, -0.25) is 4.90 Å². The Labute approximate surface area is 175 Å². The van der Waals surface area contributed by atoms with E-state index in [-0.39, 0.29) is 5.75 Å². The van der Waals surface area contributed by atoms with Gasteiger partial charge in [0.25, 0.3) is 0 Å². The van der Waals surface area contributed by atoms with Crippen molar-refractivity contribution in [2.75, 3.05) is 19.8 Å². The van der Waals surface area contributed by atoms with Gasteiger partial charge in [-0.15, -0.1) is 0 Å². The van der Waals surface area contributed by atoms with Crippen LogP contribution in [-0.2, 0) is 19.5 Å². The second-order valence-corrected chi connectivity index (χ2v) is 7.57. The molecule has 158 valence electrons. The van der Waals surface area contributed by atoms with Crippen molar-refractivity contribution in [1.29, 1.82) is 0 Å². The van der Waals surface area contributed by atoms with Gasteiger partial charge in [0, 0.05) is 36.7 Å². The average Bonchev–Trinajstić information content (AvgIpc) is 2.72. The predicted octanol–water partition coefficient (Wildman–Crippen LogP) is 4.16. The molecule has 1 aliphatic rings. The van der Waals surface area contributed by atoms with Gasteiger partial charge in [-0.2, -0.15) is 0 Å². The summed E-state index contributed by atoms with van der Waals surface area (Å²) in [6.07, 6.45) is 0.904. The standard InChI is InChI=1S/C24H27NO5/c1-4-28-21-10-16-8-9-25(13-17(16)11-22(21)29-5-2)14-18-12-23(27)30-24-15(3)20(26)7-6-19(18)24/h6-7,10-12,26H,4-5,8-9,13-14H2,1-3H3. The Morgan fingerprint density at radius 2 is 1.77 bits per heavy atom. The number of ether oxygens (including phenoxy) is 2. The van der Waals surface area contributed by atoms with Crippen molar-refractivity contribution in [1.82, 2.24) is 4.90 Å². The highest BCUT2D eigenvalue weighted by atomic mass is 16.5. The minimum Gasteiger partial charge on any atom is -0.508 e. The third kappa shape index (κ3) is 3.87. The molecule has 0 spiro atoms. The smallest absolute Gasteiger partial charge is 0.336 e. The lowest BCUT2D eigenvalue weighted by Gasteiger charge is -2.30. The first kappa shape index (κ1) is 20.3. The minimum atomic E-state index is -0.399. The van der Waals surface area contributed by atoms with E-state index in [9.17, 15) is 9.90 Å². The number of nitrogens with zero attached hydrogens (tertiary/aromatic N) is 1. The van der Waals surface area contributed by atoms with Crippen LogP contribution in [0, 0.1) is 6.92 Å². The van der Waals surface area contributed by atoms with Gasteiger partial charge in [-0.1, -0.05) is 0 Å². The van der Waals surface area contributed by atoms with E-state index in [0.717, 1.165) is 42.0 Å². The molecule has 6 heteroatoms. The number of hydrogen-bond donors (Lipinski definition) is 1. The molecule has 30 heavy (non-hydrogen) atoms. The Morgan fingerprint density at radius 3 is 2.47 bits per heavy atom. The fraction of sp³-hybridized carbons (Fsp3) is 0.375. The van der Waals surface area contributed by atoms with Gasteiger partial charge in [0.1, 0.15) is 11.3 Å². The molecule has 0 amide bonds. The topological polar surface area (TPSA) is 72.1 Å². The summed E-state index contributed by atoms with van der Waals surface area (Å²) in [5.74, 6) is 1.70. The number of phenolic OH excluding ortho intramolecular Hbond substituents is 1. The Hall–Kier alpha value is -2.99. The lowest BCUT2D eigenvalue weighted by molar-refractivity contribution is 0.242.